The second kappa shape index (κ2) is 5.03. The van der Waals surface area contributed by atoms with Crippen LogP contribution in [0.2, 0.25) is 0 Å². The van der Waals surface area contributed by atoms with Gasteiger partial charge in [-0.3, -0.25) is 10.4 Å². The first-order chi connectivity index (χ1) is 8.61. The molecule has 18 heavy (non-hydrogen) atoms. The van der Waals surface area contributed by atoms with Crippen molar-refractivity contribution < 1.29 is 0 Å². The fourth-order valence-electron chi connectivity index (χ4n) is 2.02. The van der Waals surface area contributed by atoms with Gasteiger partial charge in [0.1, 0.15) is 5.82 Å². The molecule has 6 nitrogen and oxygen atoms in total. The summed E-state index contributed by atoms with van der Waals surface area (Å²) in [5.74, 6) is 0.900. The molecule has 2 rings (SSSR count). The minimum atomic E-state index is 0.124. The molecule has 96 valence electrons. The van der Waals surface area contributed by atoms with Crippen molar-refractivity contribution in [3.8, 4) is 0 Å². The summed E-state index contributed by atoms with van der Waals surface area (Å²) in [5, 5.41) is 10.4. The highest BCUT2D eigenvalue weighted by Gasteiger charge is 2.16. The Morgan fingerprint density at radius 3 is 2.83 bits per heavy atom. The molecule has 2 heterocycles. The van der Waals surface area contributed by atoms with Crippen LogP contribution in [0.3, 0.4) is 0 Å². The van der Waals surface area contributed by atoms with E-state index in [1.807, 2.05) is 18.9 Å². The third-order valence-electron chi connectivity index (χ3n) is 3.06. The van der Waals surface area contributed by atoms with Crippen molar-refractivity contribution in [2.45, 2.75) is 13.3 Å². The standard InChI is InChI=1S/C12H18N6/c1-8-11(16-7-10(15-2)17-8)9-3-5-18(6-4-9)12(13)14/h3,7H,4-6H2,1-2H3,(H3,13,14)(H,15,17). The minimum absolute atomic E-state index is 0.124. The summed E-state index contributed by atoms with van der Waals surface area (Å²) in [6, 6.07) is 0. The van der Waals surface area contributed by atoms with Crippen LogP contribution in [0.4, 0.5) is 5.82 Å². The van der Waals surface area contributed by atoms with Gasteiger partial charge >= 0.3 is 0 Å². The summed E-state index contributed by atoms with van der Waals surface area (Å²) in [5.41, 5.74) is 8.51. The monoisotopic (exact) mass is 246 g/mol. The van der Waals surface area contributed by atoms with E-state index in [9.17, 15) is 0 Å². The molecule has 0 unspecified atom stereocenters. The number of guanidine groups is 1. The lowest BCUT2D eigenvalue weighted by atomic mass is 10.0. The van der Waals surface area contributed by atoms with Crippen molar-refractivity contribution in [3.63, 3.8) is 0 Å². The molecular weight excluding hydrogens is 228 g/mol. The molecule has 0 radical (unpaired) electrons. The van der Waals surface area contributed by atoms with E-state index in [1.54, 1.807) is 6.20 Å². The van der Waals surface area contributed by atoms with Gasteiger partial charge in [-0.2, -0.15) is 0 Å². The van der Waals surface area contributed by atoms with Gasteiger partial charge < -0.3 is 16.0 Å². The summed E-state index contributed by atoms with van der Waals surface area (Å²) in [6.07, 6.45) is 4.65. The zero-order valence-electron chi connectivity index (χ0n) is 10.7. The molecule has 0 saturated carbocycles. The average Bonchev–Trinajstić information content (AvgIpc) is 2.38. The number of nitrogens with one attached hydrogen (secondary N) is 2. The number of nitrogens with zero attached hydrogens (tertiary/aromatic N) is 3. The number of rotatable bonds is 2. The molecule has 0 bridgehead atoms. The molecule has 4 N–H and O–H groups in total. The Hall–Kier alpha value is -2.11. The molecule has 0 aliphatic carbocycles. The van der Waals surface area contributed by atoms with Gasteiger partial charge in [0.05, 0.1) is 17.6 Å². The van der Waals surface area contributed by atoms with E-state index < -0.39 is 0 Å². The third kappa shape index (κ3) is 2.42. The third-order valence-corrected chi connectivity index (χ3v) is 3.06. The first-order valence-corrected chi connectivity index (χ1v) is 5.91. The second-order valence-electron chi connectivity index (χ2n) is 4.25. The molecule has 1 aliphatic heterocycles. The number of nitrogens with two attached hydrogens (primary N) is 1. The van der Waals surface area contributed by atoms with Gasteiger partial charge in [-0.15, -0.1) is 0 Å². The van der Waals surface area contributed by atoms with E-state index in [0.29, 0.717) is 6.54 Å². The molecule has 1 aromatic heterocycles. The largest absolute Gasteiger partial charge is 0.372 e. The van der Waals surface area contributed by atoms with Gasteiger partial charge in [-0.25, -0.2) is 4.98 Å². The Bertz CT molecular complexity index is 493. The average molecular weight is 246 g/mol. The van der Waals surface area contributed by atoms with Gasteiger partial charge in [-0.05, 0) is 18.9 Å². The van der Waals surface area contributed by atoms with Crippen LogP contribution in [-0.4, -0.2) is 41.0 Å². The smallest absolute Gasteiger partial charge is 0.188 e. The number of hydrogen-bond acceptors (Lipinski definition) is 4. The maximum Gasteiger partial charge on any atom is 0.188 e. The Morgan fingerprint density at radius 2 is 2.33 bits per heavy atom. The lowest BCUT2D eigenvalue weighted by Crippen LogP contribution is -2.39. The van der Waals surface area contributed by atoms with Crippen molar-refractivity contribution in [1.29, 1.82) is 5.41 Å². The van der Waals surface area contributed by atoms with E-state index in [4.69, 9.17) is 11.1 Å². The Labute approximate surface area is 106 Å². The molecule has 0 fully saturated rings. The van der Waals surface area contributed by atoms with Crippen LogP contribution in [0, 0.1) is 12.3 Å². The first-order valence-electron chi connectivity index (χ1n) is 5.91. The molecule has 0 saturated heterocycles. The van der Waals surface area contributed by atoms with E-state index in [0.717, 1.165) is 30.2 Å². The predicted molar refractivity (Wildman–Crippen MR) is 72.4 cm³/mol. The van der Waals surface area contributed by atoms with E-state index in [2.05, 4.69) is 21.4 Å². The molecule has 0 aromatic carbocycles. The van der Waals surface area contributed by atoms with Crippen molar-refractivity contribution in [2.75, 3.05) is 25.5 Å². The topological polar surface area (TPSA) is 90.9 Å². The number of aryl methyl sites for hydroxylation is 1. The van der Waals surface area contributed by atoms with Crippen molar-refractivity contribution >= 4 is 17.4 Å². The van der Waals surface area contributed by atoms with Crippen LogP contribution < -0.4 is 11.1 Å². The highest BCUT2D eigenvalue weighted by atomic mass is 15.2. The van der Waals surface area contributed by atoms with Crippen LogP contribution >= 0.6 is 0 Å². The number of hydrogen-bond donors (Lipinski definition) is 3. The fraction of sp³-hybridized carbons (Fsp3) is 0.417. The van der Waals surface area contributed by atoms with Gasteiger partial charge in [0.25, 0.3) is 0 Å². The second-order valence-corrected chi connectivity index (χ2v) is 4.25. The quantitative estimate of drug-likeness (QED) is 0.530. The summed E-state index contributed by atoms with van der Waals surface area (Å²) >= 11 is 0. The lowest BCUT2D eigenvalue weighted by Gasteiger charge is -2.26. The Balaban J connectivity index is 2.21. The number of aromatic nitrogens is 2. The van der Waals surface area contributed by atoms with Crippen molar-refractivity contribution in [2.24, 2.45) is 5.73 Å². The van der Waals surface area contributed by atoms with E-state index >= 15 is 0 Å². The van der Waals surface area contributed by atoms with Gasteiger partial charge in [0.15, 0.2) is 5.96 Å². The molecule has 1 aromatic rings. The highest BCUT2D eigenvalue weighted by molar-refractivity contribution is 5.76. The van der Waals surface area contributed by atoms with E-state index in [1.165, 1.54) is 5.57 Å². The molecule has 0 spiro atoms. The van der Waals surface area contributed by atoms with Crippen LogP contribution in [-0.2, 0) is 0 Å². The van der Waals surface area contributed by atoms with Crippen LogP contribution in [0.5, 0.6) is 0 Å². The normalized spacial score (nSPS) is 15.2. The summed E-state index contributed by atoms with van der Waals surface area (Å²) < 4.78 is 0. The summed E-state index contributed by atoms with van der Waals surface area (Å²) in [4.78, 5) is 10.7. The zero-order valence-corrected chi connectivity index (χ0v) is 10.7. The fourth-order valence-corrected chi connectivity index (χ4v) is 2.02. The number of anilines is 1. The molecule has 0 amide bonds. The molecule has 6 heteroatoms. The Kier molecular flexibility index (Phi) is 3.45. The van der Waals surface area contributed by atoms with Gasteiger partial charge in [0, 0.05) is 20.1 Å². The molecular formula is C12H18N6. The Morgan fingerprint density at radius 1 is 1.56 bits per heavy atom. The maximum atomic E-state index is 7.39. The van der Waals surface area contributed by atoms with Crippen LogP contribution in [0.1, 0.15) is 17.8 Å². The molecule has 0 atom stereocenters. The first kappa shape index (κ1) is 12.3. The van der Waals surface area contributed by atoms with Crippen LogP contribution in [0.15, 0.2) is 12.3 Å². The molecule has 1 aliphatic rings. The van der Waals surface area contributed by atoms with Crippen LogP contribution in [0.25, 0.3) is 5.57 Å². The van der Waals surface area contributed by atoms with Crippen molar-refractivity contribution in [3.05, 3.63) is 23.7 Å². The predicted octanol–water partition coefficient (Wildman–Crippen LogP) is 0.809. The minimum Gasteiger partial charge on any atom is -0.372 e. The van der Waals surface area contributed by atoms with Crippen molar-refractivity contribution in [1.82, 2.24) is 14.9 Å². The maximum absolute atomic E-state index is 7.39. The van der Waals surface area contributed by atoms with E-state index in [-0.39, 0.29) is 5.96 Å². The van der Waals surface area contributed by atoms with Gasteiger partial charge in [0.2, 0.25) is 0 Å². The lowest BCUT2D eigenvalue weighted by molar-refractivity contribution is 0.451. The summed E-state index contributed by atoms with van der Waals surface area (Å²) in [7, 11) is 1.83. The highest BCUT2D eigenvalue weighted by Crippen LogP contribution is 2.23. The zero-order chi connectivity index (χ0) is 13.1. The SMILES string of the molecule is CNc1cnc(C2=CCN(C(=N)N)CC2)c(C)n1. The summed E-state index contributed by atoms with van der Waals surface area (Å²) in [6.45, 7) is 3.39. The van der Waals surface area contributed by atoms with Gasteiger partial charge in [-0.1, -0.05) is 6.08 Å².